The maximum Gasteiger partial charge on any atom is 0.0713 e. The SMILES string of the molecule is c1ccc(-c2cccc(C3c4ccc(-c5ccc6c(c5)c5ccccc5n6-c5cccc6ccccc56)cc4-c4c3ccc3c4-c4ccccc4C3(c3ccccc3)c3ccccc3)c2)cc1. The van der Waals surface area contributed by atoms with E-state index in [4.69, 9.17) is 0 Å². The molecule has 0 spiro atoms. The number of para-hydroxylation sites is 1. The van der Waals surface area contributed by atoms with E-state index >= 15 is 0 Å². The van der Waals surface area contributed by atoms with E-state index in [9.17, 15) is 0 Å². The minimum atomic E-state index is -0.490. The highest BCUT2D eigenvalue weighted by Gasteiger charge is 2.48. The molecule has 0 bridgehead atoms. The molecule has 1 heterocycles. The molecule has 2 aliphatic carbocycles. The molecule has 1 nitrogen and oxygen atoms in total. The molecule has 1 unspecified atom stereocenters. The fourth-order valence-corrected chi connectivity index (χ4v) is 12.2. The van der Waals surface area contributed by atoms with Crippen LogP contribution in [-0.2, 0) is 5.41 Å². The van der Waals surface area contributed by atoms with E-state index in [0.29, 0.717) is 0 Å². The average Bonchev–Trinajstić information content (AvgIpc) is 4.03. The topological polar surface area (TPSA) is 4.93 Å². The van der Waals surface area contributed by atoms with Crippen molar-refractivity contribution in [3.8, 4) is 50.2 Å². The Balaban J connectivity index is 1.02. The van der Waals surface area contributed by atoms with E-state index in [1.54, 1.807) is 0 Å². The lowest BCUT2D eigenvalue weighted by Crippen LogP contribution is -2.28. The Morgan fingerprint density at radius 1 is 0.328 bits per heavy atom. The summed E-state index contributed by atoms with van der Waals surface area (Å²) in [6, 6.07) is 95.2. The zero-order valence-corrected chi connectivity index (χ0v) is 36.8. The predicted molar refractivity (Wildman–Crippen MR) is 279 cm³/mol. The van der Waals surface area contributed by atoms with Gasteiger partial charge in [-0.15, -0.1) is 0 Å². The van der Waals surface area contributed by atoms with Gasteiger partial charge in [0.15, 0.2) is 0 Å². The molecule has 67 heavy (non-hydrogen) atoms. The Labute approximate surface area is 390 Å². The lowest BCUT2D eigenvalue weighted by Gasteiger charge is -2.34. The van der Waals surface area contributed by atoms with Crippen LogP contribution in [-0.4, -0.2) is 4.57 Å². The molecule has 11 aromatic carbocycles. The number of benzene rings is 11. The maximum atomic E-state index is 2.51. The number of hydrogen-bond acceptors (Lipinski definition) is 0. The number of hydrogen-bond donors (Lipinski definition) is 0. The molecule has 0 saturated heterocycles. The third kappa shape index (κ3) is 5.49. The quantitative estimate of drug-likeness (QED) is 0.157. The van der Waals surface area contributed by atoms with Crippen LogP contribution >= 0.6 is 0 Å². The van der Waals surface area contributed by atoms with Gasteiger partial charge in [-0.05, 0) is 119 Å². The molecule has 12 aromatic rings. The van der Waals surface area contributed by atoms with Gasteiger partial charge in [0, 0.05) is 22.1 Å². The van der Waals surface area contributed by atoms with Gasteiger partial charge in [0.1, 0.15) is 0 Å². The molecule has 0 aliphatic heterocycles. The van der Waals surface area contributed by atoms with Gasteiger partial charge in [-0.25, -0.2) is 0 Å². The van der Waals surface area contributed by atoms with Gasteiger partial charge in [-0.2, -0.15) is 0 Å². The van der Waals surface area contributed by atoms with Crippen molar-refractivity contribution in [1.29, 1.82) is 0 Å². The second-order valence-electron chi connectivity index (χ2n) is 18.3. The van der Waals surface area contributed by atoms with Gasteiger partial charge in [-0.3, -0.25) is 0 Å². The molecule has 0 fully saturated rings. The van der Waals surface area contributed by atoms with Crippen molar-refractivity contribution in [2.75, 3.05) is 0 Å². The summed E-state index contributed by atoms with van der Waals surface area (Å²) in [5.41, 5.74) is 22.6. The molecule has 1 atom stereocenters. The summed E-state index contributed by atoms with van der Waals surface area (Å²) in [4.78, 5) is 0. The fourth-order valence-electron chi connectivity index (χ4n) is 12.2. The summed E-state index contributed by atoms with van der Waals surface area (Å²) in [7, 11) is 0. The molecule has 1 heteroatoms. The molecule has 0 N–H and O–H groups in total. The van der Waals surface area contributed by atoms with Crippen molar-refractivity contribution in [1.82, 2.24) is 4.57 Å². The summed E-state index contributed by atoms with van der Waals surface area (Å²) in [6.45, 7) is 0. The third-order valence-corrected chi connectivity index (χ3v) is 14.9. The van der Waals surface area contributed by atoms with Crippen molar-refractivity contribution < 1.29 is 0 Å². The van der Waals surface area contributed by atoms with E-state index in [1.807, 2.05) is 0 Å². The Morgan fingerprint density at radius 3 is 1.75 bits per heavy atom. The molecule has 0 saturated carbocycles. The molecular weight excluding hydrogens is 807 g/mol. The number of nitrogens with zero attached hydrogens (tertiary/aromatic N) is 1. The van der Waals surface area contributed by atoms with E-state index < -0.39 is 5.41 Å². The van der Waals surface area contributed by atoms with Crippen LogP contribution in [0.25, 0.3) is 82.8 Å². The first-order valence-corrected chi connectivity index (χ1v) is 23.5. The van der Waals surface area contributed by atoms with Crippen LogP contribution in [0.15, 0.2) is 255 Å². The lowest BCUT2D eigenvalue weighted by molar-refractivity contribution is 0.768. The molecule has 1 aromatic heterocycles. The van der Waals surface area contributed by atoms with Crippen molar-refractivity contribution in [2.24, 2.45) is 0 Å². The fraction of sp³-hybridized carbons (Fsp3) is 0.0303. The highest BCUT2D eigenvalue weighted by molar-refractivity contribution is 6.12. The molecule has 0 radical (unpaired) electrons. The monoisotopic (exact) mass is 849 g/mol. The Kier molecular flexibility index (Phi) is 8.33. The lowest BCUT2D eigenvalue weighted by atomic mass is 9.67. The summed E-state index contributed by atoms with van der Waals surface area (Å²) in [5, 5.41) is 4.99. The normalized spacial score (nSPS) is 14.2. The second kappa shape index (κ2) is 14.8. The summed E-state index contributed by atoms with van der Waals surface area (Å²) < 4.78 is 2.45. The van der Waals surface area contributed by atoms with Crippen LogP contribution in [0.5, 0.6) is 0 Å². The van der Waals surface area contributed by atoms with Gasteiger partial charge in [0.2, 0.25) is 0 Å². The highest BCUT2D eigenvalue weighted by Crippen LogP contribution is 2.62. The van der Waals surface area contributed by atoms with Gasteiger partial charge < -0.3 is 4.57 Å². The van der Waals surface area contributed by atoms with Crippen LogP contribution in [0, 0.1) is 0 Å². The number of fused-ring (bicyclic) bond motifs is 11. The van der Waals surface area contributed by atoms with Crippen molar-refractivity contribution >= 4 is 32.6 Å². The van der Waals surface area contributed by atoms with Gasteiger partial charge >= 0.3 is 0 Å². The standard InChI is InChI=1S/C66H43N/c1-4-18-43(19-5-1)45-22-16-23-48(40-45)63-53-36-34-46(47-35-39-62-56(41-47)52-29-13-15-32-61(52)67(62)60-33-17-21-44-20-10-11-28-51(44)60)42-57(53)64-55(63)37-38-59-65(64)54-30-12-14-31-58(54)66(59,49-24-6-2-7-25-49)50-26-8-3-9-27-50/h1-42,63H. The second-order valence-corrected chi connectivity index (χ2v) is 18.3. The first-order valence-electron chi connectivity index (χ1n) is 23.5. The van der Waals surface area contributed by atoms with Crippen LogP contribution in [0.1, 0.15) is 44.9 Å². The smallest absolute Gasteiger partial charge is 0.0713 e. The minimum absolute atomic E-state index is 0.0600. The first kappa shape index (κ1) is 37.8. The van der Waals surface area contributed by atoms with E-state index in [-0.39, 0.29) is 5.92 Å². The van der Waals surface area contributed by atoms with Crippen LogP contribution < -0.4 is 0 Å². The molecule has 2 aliphatic rings. The third-order valence-electron chi connectivity index (χ3n) is 14.9. The zero-order chi connectivity index (χ0) is 44.1. The Bertz CT molecular complexity index is 3870. The summed E-state index contributed by atoms with van der Waals surface area (Å²) in [6.07, 6.45) is 0. The number of aromatic nitrogens is 1. The van der Waals surface area contributed by atoms with Crippen LogP contribution in [0.3, 0.4) is 0 Å². The Morgan fingerprint density at radius 2 is 0.925 bits per heavy atom. The predicted octanol–water partition coefficient (Wildman–Crippen LogP) is 16.8. The van der Waals surface area contributed by atoms with E-state index in [0.717, 1.165) is 0 Å². The summed E-state index contributed by atoms with van der Waals surface area (Å²) in [5.74, 6) is 0.0600. The molecule has 14 rings (SSSR count). The molecular formula is C66H43N. The van der Waals surface area contributed by atoms with Crippen LogP contribution in [0.2, 0.25) is 0 Å². The highest BCUT2D eigenvalue weighted by atomic mass is 15.0. The Hall–Kier alpha value is -8.52. The van der Waals surface area contributed by atoms with Gasteiger partial charge in [-0.1, -0.05) is 224 Å². The molecule has 0 amide bonds. The van der Waals surface area contributed by atoms with Crippen LogP contribution in [0.4, 0.5) is 0 Å². The maximum absolute atomic E-state index is 2.51. The van der Waals surface area contributed by atoms with Crippen molar-refractivity contribution in [3.05, 3.63) is 294 Å². The summed E-state index contributed by atoms with van der Waals surface area (Å²) >= 11 is 0. The van der Waals surface area contributed by atoms with Gasteiger partial charge in [0.05, 0.1) is 22.1 Å². The van der Waals surface area contributed by atoms with E-state index in [1.165, 1.54) is 122 Å². The molecule has 312 valence electrons. The van der Waals surface area contributed by atoms with Crippen molar-refractivity contribution in [2.45, 2.75) is 11.3 Å². The number of rotatable bonds is 6. The largest absolute Gasteiger partial charge is 0.309 e. The van der Waals surface area contributed by atoms with E-state index in [2.05, 4.69) is 259 Å². The average molecular weight is 850 g/mol. The first-order chi connectivity index (χ1) is 33.3. The minimum Gasteiger partial charge on any atom is -0.309 e. The van der Waals surface area contributed by atoms with Crippen molar-refractivity contribution in [3.63, 3.8) is 0 Å². The zero-order valence-electron chi connectivity index (χ0n) is 36.8. The van der Waals surface area contributed by atoms with Gasteiger partial charge in [0.25, 0.3) is 0 Å².